The largest absolute Gasteiger partial charge is 0.483 e. The summed E-state index contributed by atoms with van der Waals surface area (Å²) in [6.45, 7) is 1.72. The van der Waals surface area contributed by atoms with Crippen LogP contribution in [0.1, 0.15) is 16.9 Å². The van der Waals surface area contributed by atoms with E-state index in [0.29, 0.717) is 0 Å². The summed E-state index contributed by atoms with van der Waals surface area (Å²) in [6.07, 6.45) is 1.13. The van der Waals surface area contributed by atoms with Crippen molar-refractivity contribution in [1.82, 2.24) is 5.32 Å². The number of thiophene rings is 1. The van der Waals surface area contributed by atoms with E-state index in [0.717, 1.165) is 31.1 Å². The number of amidine groups is 1. The molecule has 1 aliphatic heterocycles. The lowest BCUT2D eigenvalue weighted by molar-refractivity contribution is -0.122. The minimum Gasteiger partial charge on any atom is -0.483 e. The fourth-order valence-corrected chi connectivity index (χ4v) is 4.89. The van der Waals surface area contributed by atoms with Crippen molar-refractivity contribution < 1.29 is 9.90 Å². The molecule has 0 atom stereocenters. The number of aliphatic imine (C=N–C) groups is 1. The van der Waals surface area contributed by atoms with Gasteiger partial charge in [-0.25, -0.2) is 0 Å². The van der Waals surface area contributed by atoms with E-state index in [-0.39, 0.29) is 6.47 Å². The number of nitrogens with one attached hydrogen (secondary N) is 1. The van der Waals surface area contributed by atoms with E-state index in [1.807, 2.05) is 11.8 Å². The van der Waals surface area contributed by atoms with E-state index in [2.05, 4.69) is 64.2 Å². The van der Waals surface area contributed by atoms with Gasteiger partial charge < -0.3 is 10.4 Å². The third-order valence-electron chi connectivity index (χ3n) is 3.99. The number of carbonyl (C=O) groups is 1. The van der Waals surface area contributed by atoms with E-state index in [4.69, 9.17) is 9.90 Å². The monoisotopic (exact) mass is 384 g/mol. The Hall–Kier alpha value is -2.31. The molecule has 2 aromatic carbocycles. The van der Waals surface area contributed by atoms with Gasteiger partial charge in [0.05, 0.1) is 4.88 Å². The SMILES string of the molecule is O=CO.c1ccc2c(SCc3ccsc3C3=NCCCN3)cccc2c1. The Bertz CT molecular complexity index is 900. The van der Waals surface area contributed by atoms with Gasteiger partial charge in [0.15, 0.2) is 0 Å². The molecule has 0 saturated heterocycles. The molecule has 0 aliphatic carbocycles. The molecule has 0 amide bonds. The first kappa shape index (κ1) is 18.5. The molecule has 2 heterocycles. The molecule has 2 N–H and O–H groups in total. The molecule has 1 aromatic heterocycles. The summed E-state index contributed by atoms with van der Waals surface area (Å²) >= 11 is 3.70. The van der Waals surface area contributed by atoms with Crippen molar-refractivity contribution in [2.75, 3.05) is 13.1 Å². The summed E-state index contributed by atoms with van der Waals surface area (Å²) in [5.41, 5.74) is 1.38. The van der Waals surface area contributed by atoms with Crippen LogP contribution in [0.25, 0.3) is 10.8 Å². The van der Waals surface area contributed by atoms with Gasteiger partial charge in [-0.1, -0.05) is 36.4 Å². The summed E-state index contributed by atoms with van der Waals surface area (Å²) in [4.78, 5) is 15.7. The van der Waals surface area contributed by atoms with Gasteiger partial charge in [-0.15, -0.1) is 23.1 Å². The summed E-state index contributed by atoms with van der Waals surface area (Å²) in [5, 5.41) is 15.1. The van der Waals surface area contributed by atoms with Crippen LogP contribution in [0.2, 0.25) is 0 Å². The number of rotatable bonds is 4. The van der Waals surface area contributed by atoms with Crippen LogP contribution in [0, 0.1) is 0 Å². The molecule has 4 nitrogen and oxygen atoms in total. The van der Waals surface area contributed by atoms with Gasteiger partial charge in [-0.05, 0) is 40.3 Å². The highest BCUT2D eigenvalue weighted by Crippen LogP contribution is 2.32. The van der Waals surface area contributed by atoms with Crippen LogP contribution in [-0.4, -0.2) is 30.5 Å². The maximum Gasteiger partial charge on any atom is 0.290 e. The molecule has 0 spiro atoms. The molecular weight excluding hydrogens is 364 g/mol. The Morgan fingerprint density at radius 1 is 1.19 bits per heavy atom. The predicted molar refractivity (Wildman–Crippen MR) is 111 cm³/mol. The molecule has 4 rings (SSSR count). The normalized spacial score (nSPS) is 13.3. The molecule has 1 aliphatic rings. The molecule has 3 aromatic rings. The molecular formula is C20H20N2O2S2. The van der Waals surface area contributed by atoms with Crippen LogP contribution in [-0.2, 0) is 10.5 Å². The van der Waals surface area contributed by atoms with E-state index in [9.17, 15) is 0 Å². The third-order valence-corrected chi connectivity index (χ3v) is 6.08. The lowest BCUT2D eigenvalue weighted by atomic mass is 10.1. The number of thioether (sulfide) groups is 1. The first-order valence-corrected chi connectivity index (χ1v) is 10.2. The number of fused-ring (bicyclic) bond motifs is 1. The Balaban J connectivity index is 0.000000613. The zero-order chi connectivity index (χ0) is 18.2. The molecule has 0 unspecified atom stereocenters. The molecule has 0 saturated carbocycles. The maximum absolute atomic E-state index is 8.36. The van der Waals surface area contributed by atoms with Crippen LogP contribution >= 0.6 is 23.1 Å². The van der Waals surface area contributed by atoms with Crippen LogP contribution in [0.5, 0.6) is 0 Å². The smallest absolute Gasteiger partial charge is 0.290 e. The van der Waals surface area contributed by atoms with Crippen molar-refractivity contribution in [3.63, 3.8) is 0 Å². The second kappa shape index (κ2) is 9.40. The second-order valence-corrected chi connectivity index (χ2v) is 7.59. The predicted octanol–water partition coefficient (Wildman–Crippen LogP) is 4.63. The topological polar surface area (TPSA) is 61.7 Å². The Labute approximate surface area is 161 Å². The summed E-state index contributed by atoms with van der Waals surface area (Å²) in [6, 6.07) is 17.4. The fraction of sp³-hybridized carbons (Fsp3) is 0.200. The average molecular weight is 385 g/mol. The highest BCUT2D eigenvalue weighted by Gasteiger charge is 2.13. The second-order valence-electron chi connectivity index (χ2n) is 5.66. The zero-order valence-corrected chi connectivity index (χ0v) is 15.9. The summed E-state index contributed by atoms with van der Waals surface area (Å²) in [5.74, 6) is 2.06. The van der Waals surface area contributed by atoms with Crippen molar-refractivity contribution in [3.05, 3.63) is 64.4 Å². The quantitative estimate of drug-likeness (QED) is 0.508. The van der Waals surface area contributed by atoms with Crippen molar-refractivity contribution in [2.24, 2.45) is 4.99 Å². The zero-order valence-electron chi connectivity index (χ0n) is 14.2. The van der Waals surface area contributed by atoms with Gasteiger partial charge in [0, 0.05) is 23.7 Å². The van der Waals surface area contributed by atoms with Crippen LogP contribution in [0.15, 0.2) is 63.8 Å². The van der Waals surface area contributed by atoms with Gasteiger partial charge in [0.2, 0.25) is 0 Å². The van der Waals surface area contributed by atoms with Crippen LogP contribution in [0.3, 0.4) is 0 Å². The van der Waals surface area contributed by atoms with Gasteiger partial charge >= 0.3 is 0 Å². The molecule has 6 heteroatoms. The summed E-state index contributed by atoms with van der Waals surface area (Å²) < 4.78 is 0. The fourth-order valence-electron chi connectivity index (χ4n) is 2.82. The van der Waals surface area contributed by atoms with E-state index in [1.165, 1.54) is 26.1 Å². The van der Waals surface area contributed by atoms with Gasteiger partial charge in [-0.3, -0.25) is 9.79 Å². The van der Waals surface area contributed by atoms with E-state index >= 15 is 0 Å². The van der Waals surface area contributed by atoms with Crippen LogP contribution in [0.4, 0.5) is 0 Å². The molecule has 0 fully saturated rings. The minimum absolute atomic E-state index is 0.250. The molecule has 26 heavy (non-hydrogen) atoms. The number of hydrogen-bond acceptors (Lipinski definition) is 5. The highest BCUT2D eigenvalue weighted by atomic mass is 32.2. The maximum atomic E-state index is 8.36. The van der Waals surface area contributed by atoms with Gasteiger partial charge in [0.25, 0.3) is 6.47 Å². The van der Waals surface area contributed by atoms with Crippen molar-refractivity contribution >= 4 is 46.2 Å². The lowest BCUT2D eigenvalue weighted by Crippen LogP contribution is -2.30. The number of carboxylic acid groups (broad SMARTS) is 1. The van der Waals surface area contributed by atoms with Crippen LogP contribution < -0.4 is 5.32 Å². The first-order chi connectivity index (χ1) is 12.8. The van der Waals surface area contributed by atoms with Crippen molar-refractivity contribution in [1.29, 1.82) is 0 Å². The van der Waals surface area contributed by atoms with Crippen molar-refractivity contribution in [3.8, 4) is 0 Å². The number of benzene rings is 2. The van der Waals surface area contributed by atoms with E-state index in [1.54, 1.807) is 11.3 Å². The number of nitrogens with zero attached hydrogens (tertiary/aromatic N) is 1. The van der Waals surface area contributed by atoms with Gasteiger partial charge in [-0.2, -0.15) is 0 Å². The highest BCUT2D eigenvalue weighted by molar-refractivity contribution is 7.98. The Kier molecular flexibility index (Phi) is 6.68. The summed E-state index contributed by atoms with van der Waals surface area (Å²) in [7, 11) is 0. The third kappa shape index (κ3) is 4.45. The lowest BCUT2D eigenvalue weighted by Gasteiger charge is -2.15. The average Bonchev–Trinajstić information content (AvgIpc) is 3.16. The van der Waals surface area contributed by atoms with Crippen molar-refractivity contribution in [2.45, 2.75) is 17.1 Å². The molecule has 0 radical (unpaired) electrons. The Morgan fingerprint density at radius 2 is 2.00 bits per heavy atom. The minimum atomic E-state index is -0.250. The first-order valence-electron chi connectivity index (χ1n) is 8.37. The Morgan fingerprint density at radius 3 is 2.81 bits per heavy atom. The molecule has 0 bridgehead atoms. The van der Waals surface area contributed by atoms with Gasteiger partial charge in [0.1, 0.15) is 5.84 Å². The van der Waals surface area contributed by atoms with E-state index < -0.39 is 0 Å². The standard InChI is InChI=1S/C19H18N2S2.CH2O2/c1-2-7-16-14(5-1)6-3-8-17(16)23-13-15-9-12-22-18(15)19-20-10-4-11-21-19;2-1-3/h1-3,5-9,12H,4,10-11,13H2,(H,20,21);1H,(H,2,3). The number of hydrogen-bond donors (Lipinski definition) is 2. The molecule has 134 valence electrons.